The lowest BCUT2D eigenvalue weighted by atomic mass is 10.0. The molecule has 0 bridgehead atoms. The van der Waals surface area contributed by atoms with Gasteiger partial charge in [-0.1, -0.05) is 26.0 Å². The Morgan fingerprint density at radius 1 is 1.14 bits per heavy atom. The second-order valence-electron chi connectivity index (χ2n) is 5.41. The molecule has 0 aliphatic carbocycles. The van der Waals surface area contributed by atoms with Crippen molar-refractivity contribution in [3.05, 3.63) is 65.0 Å². The highest BCUT2D eigenvalue weighted by Crippen LogP contribution is 2.27. The fraction of sp³-hybridized carbons (Fsp3) is 0.278. The molecule has 0 fully saturated rings. The van der Waals surface area contributed by atoms with Gasteiger partial charge in [-0.3, -0.25) is 4.79 Å². The van der Waals surface area contributed by atoms with Crippen LogP contribution in [-0.4, -0.2) is 12.4 Å². The van der Waals surface area contributed by atoms with E-state index in [0.29, 0.717) is 11.5 Å². The average Bonchev–Trinajstić information content (AvgIpc) is 2.45. The Labute approximate surface area is 124 Å². The Morgan fingerprint density at radius 2 is 1.81 bits per heavy atom. The summed E-state index contributed by atoms with van der Waals surface area (Å²) in [6.45, 7) is 6.10. The number of ether oxygens (including phenoxy) is 1. The summed E-state index contributed by atoms with van der Waals surface area (Å²) in [6, 6.07) is 11.5. The summed E-state index contributed by atoms with van der Waals surface area (Å²) < 4.78 is 18.5. The maximum Gasteiger partial charge on any atom is 0.200 e. The summed E-state index contributed by atoms with van der Waals surface area (Å²) in [5, 5.41) is 0. The molecule has 0 unspecified atom stereocenters. The molecule has 110 valence electrons. The molecule has 0 saturated heterocycles. The van der Waals surface area contributed by atoms with Crippen molar-refractivity contribution in [1.29, 1.82) is 0 Å². The summed E-state index contributed by atoms with van der Waals surface area (Å²) in [5.41, 5.74) is 2.62. The van der Waals surface area contributed by atoms with E-state index in [4.69, 9.17) is 4.74 Å². The third kappa shape index (κ3) is 3.91. The molecule has 21 heavy (non-hydrogen) atoms. The van der Waals surface area contributed by atoms with E-state index in [2.05, 4.69) is 13.8 Å². The van der Waals surface area contributed by atoms with Crippen LogP contribution in [0.5, 0.6) is 5.75 Å². The highest BCUT2D eigenvalue weighted by atomic mass is 19.1. The lowest BCUT2D eigenvalue weighted by molar-refractivity contribution is 0.0920. The maximum absolute atomic E-state index is 12.8. The number of ketones is 1. The molecule has 0 spiro atoms. The molecule has 0 saturated carbocycles. The number of hydrogen-bond donors (Lipinski definition) is 0. The minimum atomic E-state index is -0.353. The van der Waals surface area contributed by atoms with Crippen molar-refractivity contribution in [3.8, 4) is 5.75 Å². The lowest BCUT2D eigenvalue weighted by Crippen LogP contribution is -2.12. The molecule has 0 radical (unpaired) electrons. The smallest absolute Gasteiger partial charge is 0.200 e. The van der Waals surface area contributed by atoms with Gasteiger partial charge in [0.25, 0.3) is 0 Å². The molecule has 0 aromatic heterocycles. The van der Waals surface area contributed by atoms with Crippen molar-refractivity contribution < 1.29 is 13.9 Å². The predicted octanol–water partition coefficient (Wildman–Crippen LogP) is 4.52. The molecule has 0 N–H and O–H groups in total. The Hall–Kier alpha value is -2.16. The topological polar surface area (TPSA) is 26.3 Å². The number of carbonyl (C=O) groups excluding carboxylic acids is 1. The van der Waals surface area contributed by atoms with Gasteiger partial charge in [-0.15, -0.1) is 0 Å². The SMILES string of the molecule is Cc1ccc(C(C)C)c(OCC(=O)c2ccc(F)cc2)c1. The summed E-state index contributed by atoms with van der Waals surface area (Å²) in [7, 11) is 0. The van der Waals surface area contributed by atoms with Gasteiger partial charge in [0.1, 0.15) is 11.6 Å². The Kier molecular flexibility index (Phi) is 4.73. The van der Waals surface area contributed by atoms with Crippen LogP contribution in [-0.2, 0) is 0 Å². The fourth-order valence-electron chi connectivity index (χ4n) is 2.11. The standard InChI is InChI=1S/C18H19FO2/c1-12(2)16-9-4-13(3)10-18(16)21-11-17(20)14-5-7-15(19)8-6-14/h4-10,12H,11H2,1-3H3. The zero-order valence-corrected chi connectivity index (χ0v) is 12.5. The second kappa shape index (κ2) is 6.53. The predicted molar refractivity (Wildman–Crippen MR) is 81.5 cm³/mol. The van der Waals surface area contributed by atoms with Crippen LogP contribution in [0.15, 0.2) is 42.5 Å². The van der Waals surface area contributed by atoms with E-state index < -0.39 is 0 Å². The second-order valence-corrected chi connectivity index (χ2v) is 5.41. The summed E-state index contributed by atoms with van der Waals surface area (Å²) in [6.07, 6.45) is 0. The highest BCUT2D eigenvalue weighted by Gasteiger charge is 2.11. The normalized spacial score (nSPS) is 10.7. The monoisotopic (exact) mass is 286 g/mol. The van der Waals surface area contributed by atoms with E-state index in [0.717, 1.165) is 16.9 Å². The van der Waals surface area contributed by atoms with Gasteiger partial charge in [0, 0.05) is 5.56 Å². The lowest BCUT2D eigenvalue weighted by Gasteiger charge is -2.14. The Bertz CT molecular complexity index is 630. The first kappa shape index (κ1) is 15.2. The number of benzene rings is 2. The largest absolute Gasteiger partial charge is 0.485 e. The van der Waals surface area contributed by atoms with E-state index in [1.807, 2.05) is 25.1 Å². The first-order chi connectivity index (χ1) is 9.97. The van der Waals surface area contributed by atoms with Crippen LogP contribution in [0.25, 0.3) is 0 Å². The van der Waals surface area contributed by atoms with E-state index in [9.17, 15) is 9.18 Å². The van der Waals surface area contributed by atoms with Crippen LogP contribution in [0, 0.1) is 12.7 Å². The zero-order valence-electron chi connectivity index (χ0n) is 12.5. The van der Waals surface area contributed by atoms with Crippen molar-refractivity contribution in [3.63, 3.8) is 0 Å². The van der Waals surface area contributed by atoms with Crippen LogP contribution >= 0.6 is 0 Å². The third-order valence-corrected chi connectivity index (χ3v) is 3.32. The first-order valence-electron chi connectivity index (χ1n) is 6.99. The van der Waals surface area contributed by atoms with Crippen LogP contribution in [0.2, 0.25) is 0 Å². The molecular weight excluding hydrogens is 267 g/mol. The Morgan fingerprint density at radius 3 is 2.43 bits per heavy atom. The Balaban J connectivity index is 2.10. The molecule has 2 aromatic rings. The van der Waals surface area contributed by atoms with Crippen LogP contribution < -0.4 is 4.74 Å². The zero-order chi connectivity index (χ0) is 15.4. The molecule has 2 rings (SSSR count). The van der Waals surface area contributed by atoms with Crippen molar-refractivity contribution in [1.82, 2.24) is 0 Å². The molecule has 0 heterocycles. The van der Waals surface area contributed by atoms with Gasteiger partial charge < -0.3 is 4.74 Å². The van der Waals surface area contributed by atoms with Crippen molar-refractivity contribution in [2.75, 3.05) is 6.61 Å². The number of rotatable bonds is 5. The van der Waals surface area contributed by atoms with Crippen molar-refractivity contribution >= 4 is 5.78 Å². The molecule has 3 heteroatoms. The van der Waals surface area contributed by atoms with E-state index >= 15 is 0 Å². The highest BCUT2D eigenvalue weighted by molar-refractivity contribution is 5.97. The third-order valence-electron chi connectivity index (χ3n) is 3.32. The molecule has 2 nitrogen and oxygen atoms in total. The molecule has 2 aromatic carbocycles. The number of carbonyl (C=O) groups is 1. The van der Waals surface area contributed by atoms with Gasteiger partial charge in [-0.25, -0.2) is 4.39 Å². The average molecular weight is 286 g/mol. The van der Waals surface area contributed by atoms with Gasteiger partial charge in [-0.2, -0.15) is 0 Å². The van der Waals surface area contributed by atoms with Crippen molar-refractivity contribution in [2.24, 2.45) is 0 Å². The van der Waals surface area contributed by atoms with E-state index in [1.165, 1.54) is 24.3 Å². The van der Waals surface area contributed by atoms with Crippen LogP contribution in [0.1, 0.15) is 41.3 Å². The molecular formula is C18H19FO2. The first-order valence-corrected chi connectivity index (χ1v) is 6.99. The van der Waals surface area contributed by atoms with E-state index in [-0.39, 0.29) is 18.2 Å². The number of hydrogen-bond acceptors (Lipinski definition) is 2. The summed E-state index contributed by atoms with van der Waals surface area (Å²) >= 11 is 0. The van der Waals surface area contributed by atoms with E-state index in [1.54, 1.807) is 0 Å². The number of halogens is 1. The van der Waals surface area contributed by atoms with Gasteiger partial charge in [-0.05, 0) is 54.3 Å². The van der Waals surface area contributed by atoms with Crippen LogP contribution in [0.4, 0.5) is 4.39 Å². The van der Waals surface area contributed by atoms with Gasteiger partial charge in [0.05, 0.1) is 0 Å². The molecule has 0 atom stereocenters. The van der Waals surface area contributed by atoms with Gasteiger partial charge >= 0.3 is 0 Å². The van der Waals surface area contributed by atoms with Gasteiger partial charge in [0.2, 0.25) is 0 Å². The summed E-state index contributed by atoms with van der Waals surface area (Å²) in [5.74, 6) is 0.543. The van der Waals surface area contributed by atoms with Crippen LogP contribution in [0.3, 0.4) is 0 Å². The molecule has 0 amide bonds. The van der Waals surface area contributed by atoms with Gasteiger partial charge in [0.15, 0.2) is 12.4 Å². The summed E-state index contributed by atoms with van der Waals surface area (Å²) in [4.78, 5) is 12.0. The maximum atomic E-state index is 12.8. The molecule has 0 aliphatic rings. The fourth-order valence-corrected chi connectivity index (χ4v) is 2.11. The minimum Gasteiger partial charge on any atom is -0.485 e. The number of Topliss-reactive ketones (excluding diaryl/α,β-unsaturated/α-hetero) is 1. The minimum absolute atomic E-state index is 0.0468. The van der Waals surface area contributed by atoms with Crippen molar-refractivity contribution in [2.45, 2.75) is 26.7 Å². The number of aryl methyl sites for hydroxylation is 1. The quantitative estimate of drug-likeness (QED) is 0.755. The molecule has 0 aliphatic heterocycles.